The van der Waals surface area contributed by atoms with Crippen molar-refractivity contribution in [3.63, 3.8) is 0 Å². The molecule has 0 aromatic carbocycles. The summed E-state index contributed by atoms with van der Waals surface area (Å²) >= 11 is 1.71. The third-order valence-electron chi connectivity index (χ3n) is 1.81. The van der Waals surface area contributed by atoms with Crippen LogP contribution in [0.4, 0.5) is 0 Å². The first-order chi connectivity index (χ1) is 6.49. The normalized spacial score (nSPS) is 12.6. The molecule has 0 rings (SSSR count). The van der Waals surface area contributed by atoms with Crippen LogP contribution in [-0.4, -0.2) is 22.3 Å². The zero-order chi connectivity index (χ0) is 11.1. The number of rotatable bonds is 6. The van der Waals surface area contributed by atoms with Gasteiger partial charge in [0.05, 0.1) is 6.04 Å². The molecule has 0 bridgehead atoms. The number of amides is 1. The van der Waals surface area contributed by atoms with E-state index in [9.17, 15) is 9.59 Å². The van der Waals surface area contributed by atoms with Gasteiger partial charge in [-0.3, -0.25) is 9.59 Å². The molecule has 5 heteroatoms. The van der Waals surface area contributed by atoms with Gasteiger partial charge in [-0.25, -0.2) is 0 Å². The Morgan fingerprint density at radius 2 is 2.00 bits per heavy atom. The van der Waals surface area contributed by atoms with Gasteiger partial charge in [-0.15, -0.1) is 0 Å². The van der Waals surface area contributed by atoms with Crippen LogP contribution in [0.2, 0.25) is 0 Å². The van der Waals surface area contributed by atoms with Gasteiger partial charge in [0.25, 0.3) is 0 Å². The van der Waals surface area contributed by atoms with Crippen molar-refractivity contribution in [3.05, 3.63) is 0 Å². The Bertz CT molecular complexity index is 207. The van der Waals surface area contributed by atoms with Crippen LogP contribution in [0.1, 0.15) is 26.7 Å². The van der Waals surface area contributed by atoms with Gasteiger partial charge in [-0.1, -0.05) is 13.8 Å². The van der Waals surface area contributed by atoms with Crippen molar-refractivity contribution in [3.8, 4) is 0 Å². The highest BCUT2D eigenvalue weighted by molar-refractivity contribution is 14.1. The second-order valence-corrected chi connectivity index (χ2v) is 4.51. The monoisotopic (exact) mass is 312 g/mol. The summed E-state index contributed by atoms with van der Waals surface area (Å²) in [5.74, 6) is -0.178. The molecule has 0 fully saturated rings. The fourth-order valence-electron chi connectivity index (χ4n) is 0.903. The van der Waals surface area contributed by atoms with Gasteiger partial charge in [-0.2, -0.15) is 0 Å². The van der Waals surface area contributed by atoms with Gasteiger partial charge >= 0.3 is 0 Å². The number of hydrogen-bond donors (Lipinski definition) is 2. The van der Waals surface area contributed by atoms with E-state index in [-0.39, 0.29) is 21.7 Å². The van der Waals surface area contributed by atoms with Crippen molar-refractivity contribution in [1.82, 2.24) is 5.32 Å². The Hall–Kier alpha value is -0.170. The highest BCUT2D eigenvalue weighted by atomic mass is 127. The van der Waals surface area contributed by atoms with E-state index in [1.165, 1.54) is 0 Å². The molecule has 14 heavy (non-hydrogen) atoms. The third kappa shape index (κ3) is 5.54. The van der Waals surface area contributed by atoms with E-state index in [1.54, 1.807) is 36.4 Å². The lowest BCUT2D eigenvalue weighted by atomic mass is 10.1. The summed E-state index contributed by atoms with van der Waals surface area (Å²) in [5.41, 5.74) is 5.34. The molecule has 0 aromatic heterocycles. The van der Waals surface area contributed by atoms with Gasteiger partial charge in [0.1, 0.15) is 0 Å². The Kier molecular flexibility index (Phi) is 7.08. The summed E-state index contributed by atoms with van der Waals surface area (Å²) < 4.78 is -0.0370. The summed E-state index contributed by atoms with van der Waals surface area (Å²) in [6.45, 7) is 4.14. The average molecular weight is 312 g/mol. The first kappa shape index (κ1) is 13.8. The van der Waals surface area contributed by atoms with E-state index in [2.05, 4.69) is 5.32 Å². The predicted molar refractivity (Wildman–Crippen MR) is 64.1 cm³/mol. The molecule has 1 amide bonds. The van der Waals surface area contributed by atoms with Crippen LogP contribution in [0.5, 0.6) is 0 Å². The minimum absolute atomic E-state index is 0.0370. The van der Waals surface area contributed by atoms with Crippen molar-refractivity contribution in [2.45, 2.75) is 32.7 Å². The third-order valence-corrected chi connectivity index (χ3v) is 2.56. The molecule has 0 saturated heterocycles. The number of halogens is 1. The number of carbonyl (C=O) groups is 2. The van der Waals surface area contributed by atoms with Crippen molar-refractivity contribution in [2.75, 3.05) is 6.54 Å². The molecule has 0 spiro atoms. The largest absolute Gasteiger partial charge is 0.345 e. The lowest BCUT2D eigenvalue weighted by molar-refractivity contribution is -0.126. The van der Waals surface area contributed by atoms with Crippen LogP contribution in [0.15, 0.2) is 0 Å². The lowest BCUT2D eigenvalue weighted by Gasteiger charge is -2.15. The minimum atomic E-state index is -0.381. The summed E-state index contributed by atoms with van der Waals surface area (Å²) in [5, 5.41) is 2.70. The van der Waals surface area contributed by atoms with Crippen LogP contribution in [0, 0.1) is 5.92 Å². The molecule has 82 valence electrons. The smallest absolute Gasteiger partial charge is 0.223 e. The number of nitrogens with two attached hydrogens (primary N) is 1. The number of nitrogens with one attached hydrogen (secondary N) is 1. The molecule has 1 atom stereocenters. The van der Waals surface area contributed by atoms with Crippen LogP contribution in [0.3, 0.4) is 0 Å². The molecule has 0 aromatic rings. The van der Waals surface area contributed by atoms with E-state index in [1.807, 2.05) is 0 Å². The van der Waals surface area contributed by atoms with E-state index in [0.717, 1.165) is 6.42 Å². The maximum absolute atomic E-state index is 11.3. The molecule has 3 N–H and O–H groups in total. The van der Waals surface area contributed by atoms with Gasteiger partial charge in [0.2, 0.25) is 9.70 Å². The lowest BCUT2D eigenvalue weighted by Crippen LogP contribution is -2.41. The molecule has 4 nitrogen and oxygen atoms in total. The van der Waals surface area contributed by atoms with Crippen LogP contribution in [0.25, 0.3) is 0 Å². The Balaban J connectivity index is 4.09. The number of hydrogen-bond acceptors (Lipinski definition) is 3. The maximum atomic E-state index is 11.3. The molecule has 0 unspecified atom stereocenters. The Morgan fingerprint density at radius 1 is 1.43 bits per heavy atom. The molecule has 0 aliphatic carbocycles. The zero-order valence-electron chi connectivity index (χ0n) is 8.55. The van der Waals surface area contributed by atoms with Gasteiger partial charge in [-0.05, 0) is 19.4 Å². The highest BCUT2D eigenvalue weighted by Gasteiger charge is 2.18. The van der Waals surface area contributed by atoms with Gasteiger partial charge in [0.15, 0.2) is 0 Å². The maximum Gasteiger partial charge on any atom is 0.223 e. The first-order valence-corrected chi connectivity index (χ1v) is 5.76. The van der Waals surface area contributed by atoms with Gasteiger partial charge in [0, 0.05) is 28.5 Å². The summed E-state index contributed by atoms with van der Waals surface area (Å²) in [7, 11) is 0. The van der Waals surface area contributed by atoms with Gasteiger partial charge < -0.3 is 11.1 Å². The number of carbonyl (C=O) groups excluding carboxylic acids is 2. The van der Waals surface area contributed by atoms with Crippen molar-refractivity contribution >= 4 is 32.3 Å². The Morgan fingerprint density at radius 3 is 2.36 bits per heavy atom. The van der Waals surface area contributed by atoms with E-state index in [4.69, 9.17) is 5.73 Å². The van der Waals surface area contributed by atoms with Crippen molar-refractivity contribution in [1.29, 1.82) is 0 Å². The Labute approximate surface area is 98.1 Å². The molecule has 0 heterocycles. The predicted octanol–water partition coefficient (Wildman–Crippen LogP) is 0.828. The quantitative estimate of drug-likeness (QED) is 0.564. The highest BCUT2D eigenvalue weighted by Crippen LogP contribution is 2.04. The second kappa shape index (κ2) is 7.17. The molecular formula is C9H17IN2O2. The summed E-state index contributed by atoms with van der Waals surface area (Å²) in [6, 6.07) is -0.381. The van der Waals surface area contributed by atoms with Crippen LogP contribution in [-0.2, 0) is 9.59 Å². The summed E-state index contributed by atoms with van der Waals surface area (Å²) in [4.78, 5) is 22.5. The zero-order valence-corrected chi connectivity index (χ0v) is 10.7. The first-order valence-electron chi connectivity index (χ1n) is 4.68. The van der Waals surface area contributed by atoms with Crippen molar-refractivity contribution in [2.24, 2.45) is 11.7 Å². The summed E-state index contributed by atoms with van der Waals surface area (Å²) in [6.07, 6.45) is 1.37. The molecule has 0 aliphatic rings. The standard InChI is InChI=1S/C9H17IN2O2/c1-6(2)9(14)12-7(8(10)13)4-3-5-11/h6-7H,3-5,11H2,1-2H3,(H,12,14)/t7-/m0/s1. The fraction of sp³-hybridized carbons (Fsp3) is 0.778. The topological polar surface area (TPSA) is 72.2 Å². The SMILES string of the molecule is CC(C)C(=O)N[C@@H](CCCN)C(=O)I. The van der Waals surface area contributed by atoms with Crippen molar-refractivity contribution < 1.29 is 9.59 Å². The van der Waals surface area contributed by atoms with Crippen LogP contribution >= 0.6 is 22.6 Å². The minimum Gasteiger partial charge on any atom is -0.345 e. The molecule has 0 aliphatic heterocycles. The molecule has 0 radical (unpaired) electrons. The average Bonchev–Trinajstić information content (AvgIpc) is 2.10. The molecule has 0 saturated carbocycles. The molecular weight excluding hydrogens is 295 g/mol. The van der Waals surface area contributed by atoms with E-state index in [0.29, 0.717) is 13.0 Å². The van der Waals surface area contributed by atoms with E-state index < -0.39 is 0 Å². The fourth-order valence-corrected chi connectivity index (χ4v) is 1.37. The van der Waals surface area contributed by atoms with E-state index >= 15 is 0 Å². The second-order valence-electron chi connectivity index (χ2n) is 3.45. The van der Waals surface area contributed by atoms with Crippen LogP contribution < -0.4 is 11.1 Å².